The van der Waals surface area contributed by atoms with Crippen molar-refractivity contribution < 1.29 is 4.74 Å². The number of hydrogen-bond donors (Lipinski definition) is 0. The van der Waals surface area contributed by atoms with Gasteiger partial charge in [-0.3, -0.25) is 0 Å². The Balaban J connectivity index is 2.52. The minimum atomic E-state index is 0.300. The van der Waals surface area contributed by atoms with E-state index in [0.717, 1.165) is 0 Å². The second kappa shape index (κ2) is 4.13. The first-order valence-electron chi connectivity index (χ1n) is 6.50. The Kier molecular flexibility index (Phi) is 3.07. The van der Waals surface area contributed by atoms with Crippen molar-refractivity contribution in [3.8, 4) is 0 Å². The van der Waals surface area contributed by atoms with Crippen molar-refractivity contribution in [2.75, 3.05) is 7.11 Å². The summed E-state index contributed by atoms with van der Waals surface area (Å²) >= 11 is 0. The summed E-state index contributed by atoms with van der Waals surface area (Å²) in [4.78, 5) is 0. The van der Waals surface area contributed by atoms with Gasteiger partial charge < -0.3 is 4.74 Å². The molecule has 17 heavy (non-hydrogen) atoms. The van der Waals surface area contributed by atoms with Gasteiger partial charge in [-0.15, -0.1) is 0 Å². The zero-order valence-electron chi connectivity index (χ0n) is 11.8. The first-order chi connectivity index (χ1) is 7.87. The highest BCUT2D eigenvalue weighted by Crippen LogP contribution is 2.45. The first kappa shape index (κ1) is 12.6. The predicted molar refractivity (Wildman–Crippen MR) is 72.4 cm³/mol. The fraction of sp³-hybridized carbons (Fsp3) is 0.625. The normalized spacial score (nSPS) is 21.0. The summed E-state index contributed by atoms with van der Waals surface area (Å²) in [7, 11) is 1.76. The van der Waals surface area contributed by atoms with E-state index in [0.29, 0.717) is 17.4 Å². The van der Waals surface area contributed by atoms with Crippen LogP contribution in [0.1, 0.15) is 57.2 Å². The van der Waals surface area contributed by atoms with Gasteiger partial charge in [0, 0.05) is 7.11 Å². The minimum absolute atomic E-state index is 0.300. The summed E-state index contributed by atoms with van der Waals surface area (Å²) in [6, 6.07) is 6.87. The van der Waals surface area contributed by atoms with Gasteiger partial charge in [0.1, 0.15) is 0 Å². The highest BCUT2D eigenvalue weighted by atomic mass is 16.5. The van der Waals surface area contributed by atoms with Crippen molar-refractivity contribution in [3.05, 3.63) is 34.9 Å². The second-order valence-corrected chi connectivity index (χ2v) is 6.58. The van der Waals surface area contributed by atoms with Gasteiger partial charge >= 0.3 is 0 Å². The molecule has 0 unspecified atom stereocenters. The van der Waals surface area contributed by atoms with Crippen molar-refractivity contribution in [2.24, 2.45) is 0 Å². The van der Waals surface area contributed by atoms with Crippen LogP contribution in [0.2, 0.25) is 0 Å². The van der Waals surface area contributed by atoms with Crippen molar-refractivity contribution in [1.82, 2.24) is 0 Å². The van der Waals surface area contributed by atoms with Crippen LogP contribution in [0.5, 0.6) is 0 Å². The second-order valence-electron chi connectivity index (χ2n) is 6.58. The molecule has 0 aromatic heterocycles. The molecule has 0 radical (unpaired) electrons. The summed E-state index contributed by atoms with van der Waals surface area (Å²) in [6.45, 7) is 10.1. The van der Waals surface area contributed by atoms with Crippen LogP contribution in [-0.2, 0) is 22.2 Å². The molecule has 1 aromatic rings. The van der Waals surface area contributed by atoms with E-state index in [1.165, 1.54) is 29.5 Å². The maximum absolute atomic E-state index is 5.24. The van der Waals surface area contributed by atoms with Gasteiger partial charge in [-0.2, -0.15) is 0 Å². The molecular weight excluding hydrogens is 208 g/mol. The van der Waals surface area contributed by atoms with Gasteiger partial charge in [-0.05, 0) is 40.4 Å². The topological polar surface area (TPSA) is 9.23 Å². The summed E-state index contributed by atoms with van der Waals surface area (Å²) in [6.07, 6.45) is 2.54. The average Bonchev–Trinajstić information content (AvgIpc) is 2.26. The maximum Gasteiger partial charge on any atom is 0.0713 e. The molecule has 0 heterocycles. The number of rotatable bonds is 2. The Hall–Kier alpha value is -0.820. The third-order valence-corrected chi connectivity index (χ3v) is 4.23. The molecule has 0 amide bonds. The van der Waals surface area contributed by atoms with Gasteiger partial charge in [-0.1, -0.05) is 45.9 Å². The van der Waals surface area contributed by atoms with Gasteiger partial charge in [-0.25, -0.2) is 0 Å². The van der Waals surface area contributed by atoms with Crippen LogP contribution in [-0.4, -0.2) is 7.11 Å². The standard InChI is InChI=1S/C16H24O/c1-15(2)8-9-16(3,4)14-10-12(11-17-5)6-7-13(14)15/h6-7,10H,8-9,11H2,1-5H3. The fourth-order valence-electron chi connectivity index (χ4n) is 2.89. The van der Waals surface area contributed by atoms with Gasteiger partial charge in [0.15, 0.2) is 0 Å². The smallest absolute Gasteiger partial charge is 0.0713 e. The van der Waals surface area contributed by atoms with Crippen LogP contribution in [0.25, 0.3) is 0 Å². The van der Waals surface area contributed by atoms with E-state index in [9.17, 15) is 0 Å². The number of benzene rings is 1. The fourth-order valence-corrected chi connectivity index (χ4v) is 2.89. The molecule has 0 N–H and O–H groups in total. The largest absolute Gasteiger partial charge is 0.380 e. The molecule has 1 aliphatic carbocycles. The maximum atomic E-state index is 5.24. The van der Waals surface area contributed by atoms with E-state index in [-0.39, 0.29) is 0 Å². The highest BCUT2D eigenvalue weighted by Gasteiger charge is 2.36. The third-order valence-electron chi connectivity index (χ3n) is 4.23. The summed E-state index contributed by atoms with van der Waals surface area (Å²) in [5, 5.41) is 0. The lowest BCUT2D eigenvalue weighted by Crippen LogP contribution is -2.33. The van der Waals surface area contributed by atoms with Crippen molar-refractivity contribution in [3.63, 3.8) is 0 Å². The zero-order valence-corrected chi connectivity index (χ0v) is 11.8. The molecule has 0 saturated heterocycles. The molecule has 0 saturated carbocycles. The molecule has 0 fully saturated rings. The third kappa shape index (κ3) is 2.26. The lowest BCUT2D eigenvalue weighted by Gasteiger charge is -2.42. The Morgan fingerprint density at radius 1 is 1.00 bits per heavy atom. The van der Waals surface area contributed by atoms with E-state index in [4.69, 9.17) is 4.74 Å². The molecular formula is C16H24O. The Morgan fingerprint density at radius 2 is 1.59 bits per heavy atom. The quantitative estimate of drug-likeness (QED) is 0.743. The number of hydrogen-bond acceptors (Lipinski definition) is 1. The Morgan fingerprint density at radius 3 is 2.18 bits per heavy atom. The van der Waals surface area contributed by atoms with Crippen LogP contribution in [0.3, 0.4) is 0 Å². The molecule has 0 aliphatic heterocycles. The van der Waals surface area contributed by atoms with E-state index in [2.05, 4.69) is 45.9 Å². The van der Waals surface area contributed by atoms with E-state index in [1.807, 2.05) is 0 Å². The molecule has 1 aromatic carbocycles. The molecule has 1 nitrogen and oxygen atoms in total. The molecule has 2 rings (SSSR count). The minimum Gasteiger partial charge on any atom is -0.380 e. The number of fused-ring (bicyclic) bond motifs is 1. The van der Waals surface area contributed by atoms with Crippen LogP contribution >= 0.6 is 0 Å². The van der Waals surface area contributed by atoms with E-state index < -0.39 is 0 Å². The Labute approximate surface area is 105 Å². The average molecular weight is 232 g/mol. The lowest BCUT2D eigenvalue weighted by molar-refractivity contribution is 0.184. The van der Waals surface area contributed by atoms with Crippen LogP contribution in [0.4, 0.5) is 0 Å². The predicted octanol–water partition coefficient (Wildman–Crippen LogP) is 4.18. The molecule has 94 valence electrons. The van der Waals surface area contributed by atoms with Gasteiger partial charge in [0.25, 0.3) is 0 Å². The van der Waals surface area contributed by atoms with Crippen molar-refractivity contribution in [1.29, 1.82) is 0 Å². The molecule has 0 spiro atoms. The van der Waals surface area contributed by atoms with Crippen LogP contribution in [0.15, 0.2) is 18.2 Å². The molecule has 0 atom stereocenters. The zero-order chi connectivity index (χ0) is 12.7. The van der Waals surface area contributed by atoms with E-state index in [1.54, 1.807) is 7.11 Å². The first-order valence-corrected chi connectivity index (χ1v) is 6.50. The molecule has 0 bridgehead atoms. The summed E-state index contributed by atoms with van der Waals surface area (Å²) < 4.78 is 5.24. The SMILES string of the molecule is COCc1ccc2c(c1)C(C)(C)CCC2(C)C. The highest BCUT2D eigenvalue weighted by molar-refractivity contribution is 5.43. The number of methoxy groups -OCH3 is 1. The van der Waals surface area contributed by atoms with Gasteiger partial charge in [0.2, 0.25) is 0 Å². The van der Waals surface area contributed by atoms with E-state index >= 15 is 0 Å². The lowest BCUT2D eigenvalue weighted by atomic mass is 9.63. The van der Waals surface area contributed by atoms with Crippen LogP contribution in [0, 0.1) is 0 Å². The summed E-state index contributed by atoms with van der Waals surface area (Å²) in [5.41, 5.74) is 4.94. The van der Waals surface area contributed by atoms with Crippen molar-refractivity contribution in [2.45, 2.75) is 58.0 Å². The summed E-state index contributed by atoms with van der Waals surface area (Å²) in [5.74, 6) is 0. The van der Waals surface area contributed by atoms with Crippen molar-refractivity contribution >= 4 is 0 Å². The number of ether oxygens (including phenoxy) is 1. The molecule has 1 aliphatic rings. The monoisotopic (exact) mass is 232 g/mol. The molecule has 1 heteroatoms. The Bertz CT molecular complexity index is 416. The van der Waals surface area contributed by atoms with Gasteiger partial charge in [0.05, 0.1) is 6.61 Å². The van der Waals surface area contributed by atoms with Crippen LogP contribution < -0.4 is 0 Å².